The highest BCUT2D eigenvalue weighted by atomic mass is 19.1. The monoisotopic (exact) mass is 288 g/mol. The second kappa shape index (κ2) is 5.87. The summed E-state index contributed by atoms with van der Waals surface area (Å²) in [4.78, 5) is 20.5. The molecule has 0 radical (unpaired) electrons. The number of halogens is 1. The van der Waals surface area contributed by atoms with Crippen LogP contribution in [0.4, 0.5) is 15.8 Å². The van der Waals surface area contributed by atoms with Crippen LogP contribution in [0.1, 0.15) is 41.6 Å². The number of nitrogens with two attached hydrogens (primary N) is 1. The minimum atomic E-state index is -0.442. The zero-order valence-electron chi connectivity index (χ0n) is 12.1. The molecule has 2 rings (SSSR count). The number of nitrogens with zero attached hydrogens (tertiary/aromatic N) is 2. The third-order valence-corrected chi connectivity index (χ3v) is 2.98. The molecule has 0 aliphatic rings. The summed E-state index contributed by atoms with van der Waals surface area (Å²) in [5, 5.41) is 2.66. The molecule has 1 aromatic heterocycles. The number of carbonyl (C=O) groups is 1. The molecule has 1 heterocycles. The van der Waals surface area contributed by atoms with Gasteiger partial charge in [-0.1, -0.05) is 13.8 Å². The number of nitrogen functional groups attached to an aromatic ring is 1. The molecule has 0 aliphatic carbocycles. The number of aryl methyl sites for hydroxylation is 1. The fourth-order valence-electron chi connectivity index (χ4n) is 1.78. The first-order chi connectivity index (χ1) is 9.88. The number of carbonyl (C=O) groups excluding carboxylic acids is 1. The molecular weight excluding hydrogens is 271 g/mol. The van der Waals surface area contributed by atoms with Gasteiger partial charge in [0.15, 0.2) is 5.69 Å². The Morgan fingerprint density at radius 3 is 2.71 bits per heavy atom. The number of rotatable bonds is 3. The molecule has 0 bridgehead atoms. The number of hydrogen-bond acceptors (Lipinski definition) is 4. The summed E-state index contributed by atoms with van der Waals surface area (Å²) in [5.74, 6) is -0.130. The van der Waals surface area contributed by atoms with Crippen LogP contribution in [-0.4, -0.2) is 15.9 Å². The van der Waals surface area contributed by atoms with Crippen LogP contribution in [0.2, 0.25) is 0 Å². The van der Waals surface area contributed by atoms with E-state index in [-0.39, 0.29) is 23.1 Å². The van der Waals surface area contributed by atoms with Crippen molar-refractivity contribution in [1.29, 1.82) is 0 Å². The standard InChI is InChI=1S/C15H17FN4O/c1-8(2)14-18-7-12(17)13(20-14)15(21)19-10-4-5-11(16)9(3)6-10/h4-8H,17H2,1-3H3,(H,19,21). The van der Waals surface area contributed by atoms with Crippen molar-refractivity contribution in [3.8, 4) is 0 Å². The molecule has 1 amide bonds. The Morgan fingerprint density at radius 1 is 1.38 bits per heavy atom. The van der Waals surface area contributed by atoms with E-state index in [1.807, 2.05) is 13.8 Å². The number of anilines is 2. The molecule has 0 spiro atoms. The van der Waals surface area contributed by atoms with E-state index in [0.717, 1.165) is 0 Å². The maximum Gasteiger partial charge on any atom is 0.276 e. The summed E-state index contributed by atoms with van der Waals surface area (Å²) < 4.78 is 13.2. The van der Waals surface area contributed by atoms with Crippen LogP contribution >= 0.6 is 0 Å². The first kappa shape index (κ1) is 14.9. The smallest absolute Gasteiger partial charge is 0.276 e. The fourth-order valence-corrected chi connectivity index (χ4v) is 1.78. The molecule has 6 heteroatoms. The highest BCUT2D eigenvalue weighted by Crippen LogP contribution is 2.17. The number of nitrogens with one attached hydrogen (secondary N) is 1. The first-order valence-electron chi connectivity index (χ1n) is 6.58. The van der Waals surface area contributed by atoms with Crippen molar-refractivity contribution in [2.24, 2.45) is 0 Å². The van der Waals surface area contributed by atoms with E-state index in [9.17, 15) is 9.18 Å². The van der Waals surface area contributed by atoms with Gasteiger partial charge in [-0.15, -0.1) is 0 Å². The van der Waals surface area contributed by atoms with Crippen molar-refractivity contribution in [1.82, 2.24) is 9.97 Å². The van der Waals surface area contributed by atoms with E-state index in [0.29, 0.717) is 17.1 Å². The van der Waals surface area contributed by atoms with Gasteiger partial charge < -0.3 is 11.1 Å². The number of hydrogen-bond donors (Lipinski definition) is 2. The molecule has 0 atom stereocenters. The lowest BCUT2D eigenvalue weighted by Gasteiger charge is -2.10. The lowest BCUT2D eigenvalue weighted by molar-refractivity contribution is 0.102. The van der Waals surface area contributed by atoms with Crippen LogP contribution in [-0.2, 0) is 0 Å². The molecule has 3 N–H and O–H groups in total. The van der Waals surface area contributed by atoms with Gasteiger partial charge in [-0.3, -0.25) is 4.79 Å². The minimum absolute atomic E-state index is 0.0882. The largest absolute Gasteiger partial charge is 0.396 e. The van der Waals surface area contributed by atoms with Crippen LogP contribution in [0, 0.1) is 12.7 Å². The van der Waals surface area contributed by atoms with Crippen LogP contribution in [0.5, 0.6) is 0 Å². The van der Waals surface area contributed by atoms with Gasteiger partial charge in [0, 0.05) is 11.6 Å². The quantitative estimate of drug-likeness (QED) is 0.910. The predicted molar refractivity (Wildman–Crippen MR) is 79.6 cm³/mol. The zero-order chi connectivity index (χ0) is 15.6. The number of amides is 1. The maximum atomic E-state index is 13.2. The van der Waals surface area contributed by atoms with E-state index in [1.54, 1.807) is 13.0 Å². The molecule has 5 nitrogen and oxygen atoms in total. The summed E-state index contributed by atoms with van der Waals surface area (Å²) in [7, 11) is 0. The van der Waals surface area contributed by atoms with Crippen molar-refractivity contribution in [2.75, 3.05) is 11.1 Å². The van der Waals surface area contributed by atoms with Gasteiger partial charge in [-0.25, -0.2) is 14.4 Å². The van der Waals surface area contributed by atoms with Gasteiger partial charge in [-0.2, -0.15) is 0 Å². The molecule has 110 valence electrons. The van der Waals surface area contributed by atoms with E-state index in [1.165, 1.54) is 18.3 Å². The average molecular weight is 288 g/mol. The molecule has 0 saturated carbocycles. The Morgan fingerprint density at radius 2 is 2.10 bits per heavy atom. The predicted octanol–water partition coefficient (Wildman–Crippen LogP) is 2.88. The molecule has 21 heavy (non-hydrogen) atoms. The Bertz CT molecular complexity index is 685. The van der Waals surface area contributed by atoms with Gasteiger partial charge in [0.1, 0.15) is 11.6 Å². The van der Waals surface area contributed by atoms with Gasteiger partial charge in [0.05, 0.1) is 11.9 Å². The first-order valence-corrected chi connectivity index (χ1v) is 6.58. The molecule has 0 fully saturated rings. The highest BCUT2D eigenvalue weighted by Gasteiger charge is 2.15. The summed E-state index contributed by atoms with van der Waals surface area (Å²) in [6.45, 7) is 5.48. The van der Waals surface area contributed by atoms with Crippen molar-refractivity contribution in [3.63, 3.8) is 0 Å². The normalized spacial score (nSPS) is 10.7. The lowest BCUT2D eigenvalue weighted by Crippen LogP contribution is -2.18. The second-order valence-corrected chi connectivity index (χ2v) is 5.10. The van der Waals surface area contributed by atoms with Gasteiger partial charge in [-0.05, 0) is 30.7 Å². The third-order valence-electron chi connectivity index (χ3n) is 2.98. The van der Waals surface area contributed by atoms with Crippen LogP contribution in [0.25, 0.3) is 0 Å². The molecule has 0 aliphatic heterocycles. The van der Waals surface area contributed by atoms with E-state index in [4.69, 9.17) is 5.73 Å². The summed E-state index contributed by atoms with van der Waals surface area (Å²) in [5.41, 5.74) is 7.02. The Kier molecular flexibility index (Phi) is 4.16. The van der Waals surface area contributed by atoms with Crippen molar-refractivity contribution in [3.05, 3.63) is 47.3 Å². The molecule has 1 aromatic carbocycles. The zero-order valence-corrected chi connectivity index (χ0v) is 12.1. The van der Waals surface area contributed by atoms with Crippen molar-refractivity contribution in [2.45, 2.75) is 26.7 Å². The van der Waals surface area contributed by atoms with E-state index >= 15 is 0 Å². The Labute approximate surface area is 122 Å². The van der Waals surface area contributed by atoms with Gasteiger partial charge in [0.2, 0.25) is 0 Å². The van der Waals surface area contributed by atoms with Crippen LogP contribution in [0.15, 0.2) is 24.4 Å². The fraction of sp³-hybridized carbons (Fsp3) is 0.267. The molecule has 0 unspecified atom stereocenters. The SMILES string of the molecule is Cc1cc(NC(=O)c2nc(C(C)C)ncc2N)ccc1F. The summed E-state index contributed by atoms with van der Waals surface area (Å²) in [6.07, 6.45) is 1.42. The highest BCUT2D eigenvalue weighted by molar-refractivity contribution is 6.06. The summed E-state index contributed by atoms with van der Waals surface area (Å²) in [6, 6.07) is 4.34. The second-order valence-electron chi connectivity index (χ2n) is 5.10. The van der Waals surface area contributed by atoms with Gasteiger partial charge in [0.25, 0.3) is 5.91 Å². The van der Waals surface area contributed by atoms with Crippen molar-refractivity contribution >= 4 is 17.3 Å². The van der Waals surface area contributed by atoms with E-state index < -0.39 is 5.91 Å². The average Bonchev–Trinajstić information content (AvgIpc) is 2.43. The van der Waals surface area contributed by atoms with Crippen LogP contribution < -0.4 is 11.1 Å². The third kappa shape index (κ3) is 3.34. The molecule has 0 saturated heterocycles. The summed E-state index contributed by atoms with van der Waals surface area (Å²) >= 11 is 0. The van der Waals surface area contributed by atoms with Crippen LogP contribution in [0.3, 0.4) is 0 Å². The Balaban J connectivity index is 2.27. The maximum absolute atomic E-state index is 13.2. The number of benzene rings is 1. The minimum Gasteiger partial charge on any atom is -0.396 e. The molecule has 2 aromatic rings. The number of aromatic nitrogens is 2. The molecular formula is C15H17FN4O. The van der Waals surface area contributed by atoms with E-state index in [2.05, 4.69) is 15.3 Å². The van der Waals surface area contributed by atoms with Crippen molar-refractivity contribution < 1.29 is 9.18 Å². The lowest BCUT2D eigenvalue weighted by atomic mass is 10.2. The topological polar surface area (TPSA) is 80.9 Å². The Hall–Kier alpha value is -2.50. The van der Waals surface area contributed by atoms with Gasteiger partial charge >= 0.3 is 0 Å².